The van der Waals surface area contributed by atoms with Crippen molar-refractivity contribution >= 4 is 5.91 Å². The third-order valence-corrected chi connectivity index (χ3v) is 6.48. The molecule has 0 aliphatic carbocycles. The number of hydrogen-bond acceptors (Lipinski definition) is 3. The van der Waals surface area contributed by atoms with Gasteiger partial charge in [0.05, 0.1) is 12.0 Å². The van der Waals surface area contributed by atoms with Crippen molar-refractivity contribution in [3.05, 3.63) is 53.9 Å². The monoisotopic (exact) mass is 380 g/mol. The molecule has 0 N–H and O–H groups in total. The summed E-state index contributed by atoms with van der Waals surface area (Å²) in [7, 11) is 0. The summed E-state index contributed by atoms with van der Waals surface area (Å²) in [5.74, 6) is 0.911. The zero-order valence-electron chi connectivity index (χ0n) is 17.2. The fourth-order valence-electron chi connectivity index (χ4n) is 4.74. The summed E-state index contributed by atoms with van der Waals surface area (Å²) in [5.41, 5.74) is 2.43. The lowest BCUT2D eigenvalue weighted by molar-refractivity contribution is -0.146. The summed E-state index contributed by atoms with van der Waals surface area (Å²) in [4.78, 5) is 17.9. The lowest BCUT2D eigenvalue weighted by atomic mass is 9.78. The average molecular weight is 381 g/mol. The standard InChI is InChI=1S/C23H32N4O/c1-19(2)21-7-5-20(6-8-21)17-26-12-3-9-23(22(26)28)10-14-25(18-23)15-16-27-13-4-11-24-27/h4-8,11,13,19H,3,9-10,12,14-18H2,1-2H3/t23-/m1/s1. The van der Waals surface area contributed by atoms with Gasteiger partial charge in [-0.15, -0.1) is 0 Å². The zero-order chi connectivity index (χ0) is 19.6. The van der Waals surface area contributed by atoms with E-state index in [9.17, 15) is 4.79 Å². The third kappa shape index (κ3) is 4.00. The van der Waals surface area contributed by atoms with Crippen molar-refractivity contribution in [2.24, 2.45) is 5.41 Å². The number of benzene rings is 1. The van der Waals surface area contributed by atoms with Crippen LogP contribution >= 0.6 is 0 Å². The molecule has 0 unspecified atom stereocenters. The minimum absolute atomic E-state index is 0.166. The molecule has 5 heteroatoms. The first-order valence-electron chi connectivity index (χ1n) is 10.6. The topological polar surface area (TPSA) is 41.4 Å². The van der Waals surface area contributed by atoms with Gasteiger partial charge in [0.2, 0.25) is 5.91 Å². The van der Waals surface area contributed by atoms with Crippen LogP contribution in [0, 0.1) is 5.41 Å². The molecule has 2 fully saturated rings. The lowest BCUT2D eigenvalue weighted by Gasteiger charge is -2.39. The fraction of sp³-hybridized carbons (Fsp3) is 0.565. The molecule has 2 aliphatic heterocycles. The van der Waals surface area contributed by atoms with Crippen molar-refractivity contribution in [1.29, 1.82) is 0 Å². The lowest BCUT2D eigenvalue weighted by Crippen LogP contribution is -2.49. The van der Waals surface area contributed by atoms with E-state index in [2.05, 4.69) is 53.0 Å². The van der Waals surface area contributed by atoms with Gasteiger partial charge in [-0.05, 0) is 48.9 Å². The number of piperidine rings is 1. The molecule has 5 nitrogen and oxygen atoms in total. The Morgan fingerprint density at radius 2 is 1.93 bits per heavy atom. The Balaban J connectivity index is 1.37. The highest BCUT2D eigenvalue weighted by Crippen LogP contribution is 2.40. The minimum atomic E-state index is -0.166. The first-order chi connectivity index (χ1) is 13.6. The Labute approximate surface area is 168 Å². The molecule has 1 spiro atoms. The number of hydrogen-bond donors (Lipinski definition) is 0. The van der Waals surface area contributed by atoms with Crippen LogP contribution in [0.1, 0.15) is 50.2 Å². The number of rotatable bonds is 6. The van der Waals surface area contributed by atoms with Crippen LogP contribution in [-0.4, -0.2) is 51.7 Å². The summed E-state index contributed by atoms with van der Waals surface area (Å²) in [6, 6.07) is 10.7. The predicted molar refractivity (Wildman–Crippen MR) is 111 cm³/mol. The number of carbonyl (C=O) groups excluding carboxylic acids is 1. The molecule has 28 heavy (non-hydrogen) atoms. The Kier molecular flexibility index (Phi) is 5.54. The maximum Gasteiger partial charge on any atom is 0.230 e. The van der Waals surface area contributed by atoms with Gasteiger partial charge >= 0.3 is 0 Å². The van der Waals surface area contributed by atoms with Gasteiger partial charge in [0.1, 0.15) is 0 Å². The Hall–Kier alpha value is -2.14. The second kappa shape index (κ2) is 8.08. The molecule has 2 saturated heterocycles. The van der Waals surface area contributed by atoms with Crippen LogP contribution in [0.4, 0.5) is 0 Å². The first-order valence-corrected chi connectivity index (χ1v) is 10.6. The number of nitrogens with zero attached hydrogens (tertiary/aromatic N) is 4. The van der Waals surface area contributed by atoms with Gasteiger partial charge in [0.15, 0.2) is 0 Å². The van der Waals surface area contributed by atoms with E-state index in [1.54, 1.807) is 0 Å². The largest absolute Gasteiger partial charge is 0.338 e. The smallest absolute Gasteiger partial charge is 0.230 e. The van der Waals surface area contributed by atoms with Crippen LogP contribution in [0.25, 0.3) is 0 Å². The van der Waals surface area contributed by atoms with Crippen LogP contribution in [0.2, 0.25) is 0 Å². The van der Waals surface area contributed by atoms with E-state index in [4.69, 9.17) is 0 Å². The summed E-state index contributed by atoms with van der Waals surface area (Å²) in [6.07, 6.45) is 6.97. The van der Waals surface area contributed by atoms with Crippen molar-refractivity contribution in [2.45, 2.75) is 52.1 Å². The van der Waals surface area contributed by atoms with Crippen LogP contribution < -0.4 is 0 Å². The van der Waals surface area contributed by atoms with Gasteiger partial charge < -0.3 is 9.80 Å². The molecule has 2 aromatic rings. The second-order valence-electron chi connectivity index (χ2n) is 8.80. The van der Waals surface area contributed by atoms with E-state index in [0.717, 1.165) is 58.5 Å². The maximum atomic E-state index is 13.4. The summed E-state index contributed by atoms with van der Waals surface area (Å²) in [6.45, 7) is 9.83. The van der Waals surface area contributed by atoms with E-state index in [0.29, 0.717) is 11.8 Å². The molecule has 2 aliphatic rings. The average Bonchev–Trinajstić information content (AvgIpc) is 3.35. The van der Waals surface area contributed by atoms with Crippen molar-refractivity contribution in [1.82, 2.24) is 19.6 Å². The number of carbonyl (C=O) groups is 1. The van der Waals surface area contributed by atoms with E-state index in [-0.39, 0.29) is 5.41 Å². The van der Waals surface area contributed by atoms with E-state index in [1.807, 2.05) is 23.1 Å². The summed E-state index contributed by atoms with van der Waals surface area (Å²) < 4.78 is 1.97. The van der Waals surface area contributed by atoms with Crippen LogP contribution in [0.15, 0.2) is 42.7 Å². The molecule has 150 valence electrons. The quantitative estimate of drug-likeness (QED) is 0.770. The number of aromatic nitrogens is 2. The Bertz CT molecular complexity index is 783. The molecule has 0 saturated carbocycles. The molecule has 0 radical (unpaired) electrons. The number of likely N-dealkylation sites (tertiary alicyclic amines) is 2. The molecule has 4 rings (SSSR count). The van der Waals surface area contributed by atoms with Gasteiger partial charge in [0.25, 0.3) is 0 Å². The highest BCUT2D eigenvalue weighted by molar-refractivity contribution is 5.84. The van der Waals surface area contributed by atoms with E-state index in [1.165, 1.54) is 11.1 Å². The van der Waals surface area contributed by atoms with Crippen molar-refractivity contribution in [2.75, 3.05) is 26.2 Å². The minimum Gasteiger partial charge on any atom is -0.338 e. The fourth-order valence-corrected chi connectivity index (χ4v) is 4.74. The van der Waals surface area contributed by atoms with Crippen molar-refractivity contribution in [3.63, 3.8) is 0 Å². The summed E-state index contributed by atoms with van der Waals surface area (Å²) in [5, 5.41) is 4.29. The highest BCUT2D eigenvalue weighted by Gasteiger charge is 2.48. The molecule has 3 heterocycles. The van der Waals surface area contributed by atoms with Crippen molar-refractivity contribution in [3.8, 4) is 0 Å². The third-order valence-electron chi connectivity index (χ3n) is 6.48. The van der Waals surface area contributed by atoms with E-state index < -0.39 is 0 Å². The zero-order valence-corrected chi connectivity index (χ0v) is 17.2. The first kappa shape index (κ1) is 19.2. The molecular formula is C23H32N4O. The van der Waals surface area contributed by atoms with Crippen LogP contribution in [-0.2, 0) is 17.9 Å². The van der Waals surface area contributed by atoms with Crippen molar-refractivity contribution < 1.29 is 4.79 Å². The second-order valence-corrected chi connectivity index (χ2v) is 8.80. The van der Waals surface area contributed by atoms with Crippen LogP contribution in [0.5, 0.6) is 0 Å². The van der Waals surface area contributed by atoms with Crippen LogP contribution in [0.3, 0.4) is 0 Å². The molecule has 1 aromatic carbocycles. The molecule has 0 bridgehead atoms. The van der Waals surface area contributed by atoms with Gasteiger partial charge in [-0.2, -0.15) is 5.10 Å². The van der Waals surface area contributed by atoms with Gasteiger partial charge in [0, 0.05) is 38.6 Å². The SMILES string of the molecule is CC(C)c1ccc(CN2CCC[C@]3(CCN(CCn4cccn4)C3)C2=O)cc1. The number of amides is 1. The molecular weight excluding hydrogens is 348 g/mol. The molecule has 1 aromatic heterocycles. The Morgan fingerprint density at radius 3 is 2.64 bits per heavy atom. The normalized spacial score (nSPS) is 23.2. The Morgan fingerprint density at radius 1 is 1.11 bits per heavy atom. The van der Waals surface area contributed by atoms with Gasteiger partial charge in [-0.25, -0.2) is 0 Å². The van der Waals surface area contributed by atoms with Gasteiger partial charge in [-0.3, -0.25) is 9.48 Å². The highest BCUT2D eigenvalue weighted by atomic mass is 16.2. The maximum absolute atomic E-state index is 13.4. The van der Waals surface area contributed by atoms with Gasteiger partial charge in [-0.1, -0.05) is 38.1 Å². The van der Waals surface area contributed by atoms with E-state index >= 15 is 0 Å². The molecule has 1 atom stereocenters. The molecule has 1 amide bonds. The summed E-state index contributed by atoms with van der Waals surface area (Å²) >= 11 is 0. The predicted octanol–water partition coefficient (Wildman–Crippen LogP) is 3.52.